The Morgan fingerprint density at radius 2 is 2.21 bits per heavy atom. The van der Waals surface area contributed by atoms with Crippen LogP contribution in [0.5, 0.6) is 0 Å². The van der Waals surface area contributed by atoms with Gasteiger partial charge in [-0.3, -0.25) is 10.4 Å². The van der Waals surface area contributed by atoms with Crippen molar-refractivity contribution >= 4 is 43.7 Å². The molecule has 0 amide bonds. The Bertz CT molecular complexity index is 404. The van der Waals surface area contributed by atoms with Crippen molar-refractivity contribution < 1.29 is 13.1 Å². The van der Waals surface area contributed by atoms with E-state index >= 15 is 0 Å². The van der Waals surface area contributed by atoms with E-state index in [0.717, 1.165) is 37.5 Å². The normalized spacial score (nSPS) is 9.89. The number of hydrogen-bond acceptors (Lipinski definition) is 3. The Kier molecular flexibility index (Phi) is 12.4. The molecule has 0 unspecified atom stereocenters. The molecule has 2 N–H and O–H groups in total. The predicted octanol–water partition coefficient (Wildman–Crippen LogP) is 2.97. The van der Waals surface area contributed by atoms with E-state index in [1.165, 1.54) is 0 Å². The summed E-state index contributed by atoms with van der Waals surface area (Å²) in [4.78, 5) is 4.28. The van der Waals surface area contributed by atoms with Crippen LogP contribution in [-0.2, 0) is 13.1 Å². The summed E-state index contributed by atoms with van der Waals surface area (Å²) in [7, 11) is 9.34. The van der Waals surface area contributed by atoms with Crippen LogP contribution in [0, 0.1) is 6.92 Å². The van der Waals surface area contributed by atoms with Crippen LogP contribution in [-0.4, -0.2) is 22.9 Å². The minimum absolute atomic E-state index is 0.533. The van der Waals surface area contributed by atoms with Crippen molar-refractivity contribution in [1.29, 1.82) is 0 Å². The Balaban J connectivity index is 0.000000982. The molecule has 1 heterocycles. The first-order valence-electron chi connectivity index (χ1n) is 5.45. The number of halogens is 2. The zero-order valence-electron chi connectivity index (χ0n) is 10.6. The van der Waals surface area contributed by atoms with Gasteiger partial charge in [-0.15, -0.1) is 0 Å². The third kappa shape index (κ3) is 11.2. The summed E-state index contributed by atoms with van der Waals surface area (Å²) >= 11 is 5.76. The fourth-order valence-corrected chi connectivity index (χ4v) is 1.23. The van der Waals surface area contributed by atoms with Crippen LogP contribution >= 0.6 is 32.4 Å². The number of rotatable bonds is 4. The standard InChI is InChI=1S/C11H16N4S.2ClH.Cu/c1-3-7-12-11(16)15-13-8-10-6-4-5-9(2)14-10;;;/h4-6,8H,3,7H2,1-2H3,(H2,12,15,16);2*1H;/q;;;+2/p-2. The van der Waals surface area contributed by atoms with Crippen LogP contribution in [0.1, 0.15) is 24.7 Å². The number of nitrogens with zero attached hydrogens (tertiary/aromatic N) is 2. The molecule has 0 aliphatic carbocycles. The number of hydrogen-bond donors (Lipinski definition) is 2. The number of aromatic nitrogens is 1. The summed E-state index contributed by atoms with van der Waals surface area (Å²) in [6.07, 6.45) is 2.68. The summed E-state index contributed by atoms with van der Waals surface area (Å²) in [5.41, 5.74) is 4.51. The van der Waals surface area contributed by atoms with Crippen molar-refractivity contribution in [3.8, 4) is 0 Å². The van der Waals surface area contributed by atoms with Crippen LogP contribution in [0.4, 0.5) is 0 Å². The van der Waals surface area contributed by atoms with Crippen molar-refractivity contribution in [3.05, 3.63) is 29.6 Å². The van der Waals surface area contributed by atoms with E-state index in [1.807, 2.05) is 25.1 Å². The molecule has 0 aliphatic rings. The molecule has 8 heteroatoms. The van der Waals surface area contributed by atoms with Gasteiger partial charge in [0, 0.05) is 12.2 Å². The number of hydrazone groups is 1. The molecular weight excluding hydrogens is 355 g/mol. The molecule has 111 valence electrons. The molecule has 0 radical (unpaired) electrons. The summed E-state index contributed by atoms with van der Waals surface area (Å²) in [5, 5.41) is 7.54. The van der Waals surface area contributed by atoms with Gasteiger partial charge in [0.05, 0.1) is 11.9 Å². The first kappa shape index (κ1) is 18.6. The van der Waals surface area contributed by atoms with Gasteiger partial charge in [0.15, 0.2) is 5.11 Å². The van der Waals surface area contributed by atoms with E-state index in [1.54, 1.807) is 6.21 Å². The first-order chi connectivity index (χ1) is 9.13. The number of nitrogens with one attached hydrogen (secondary N) is 2. The fraction of sp³-hybridized carbons (Fsp3) is 0.364. The number of thiocarbonyl (C=S) groups is 1. The summed E-state index contributed by atoms with van der Waals surface area (Å²) in [5.74, 6) is 0. The van der Waals surface area contributed by atoms with E-state index in [4.69, 9.17) is 12.2 Å². The fourth-order valence-electron chi connectivity index (χ4n) is 1.07. The zero-order chi connectivity index (χ0) is 14.5. The molecule has 0 aliphatic heterocycles. The van der Waals surface area contributed by atoms with Crippen molar-refractivity contribution in [2.24, 2.45) is 5.10 Å². The van der Waals surface area contributed by atoms with Crippen molar-refractivity contribution in [1.82, 2.24) is 15.7 Å². The van der Waals surface area contributed by atoms with E-state index < -0.39 is 0 Å². The maximum absolute atomic E-state index is 5.00. The summed E-state index contributed by atoms with van der Waals surface area (Å²) in [6, 6.07) is 5.77. The third-order valence-electron chi connectivity index (χ3n) is 1.81. The van der Waals surface area contributed by atoms with Gasteiger partial charge in [0.1, 0.15) is 0 Å². The number of aryl methyl sites for hydroxylation is 1. The molecule has 0 atom stereocenters. The second kappa shape index (κ2) is 12.6. The van der Waals surface area contributed by atoms with Gasteiger partial charge >= 0.3 is 33.3 Å². The molecule has 0 saturated heterocycles. The van der Waals surface area contributed by atoms with Crippen LogP contribution in [0.2, 0.25) is 0 Å². The van der Waals surface area contributed by atoms with Gasteiger partial charge < -0.3 is 5.32 Å². The zero-order valence-corrected chi connectivity index (χ0v) is 13.9. The van der Waals surface area contributed by atoms with Gasteiger partial charge in [-0.05, 0) is 37.7 Å². The van der Waals surface area contributed by atoms with Gasteiger partial charge in [0.2, 0.25) is 0 Å². The molecule has 0 spiro atoms. The molecule has 0 fully saturated rings. The van der Waals surface area contributed by atoms with E-state index in [-0.39, 0.29) is 0 Å². The Morgan fingerprint density at radius 3 is 2.79 bits per heavy atom. The SMILES string of the molecule is CCCNC(=S)NN=Cc1cccc(C)n1.[Cl][Cu][Cl]. The second-order valence-electron chi connectivity index (χ2n) is 3.37. The quantitative estimate of drug-likeness (QED) is 0.370. The van der Waals surface area contributed by atoms with E-state index in [2.05, 4.69) is 47.9 Å². The van der Waals surface area contributed by atoms with Gasteiger partial charge in [-0.1, -0.05) is 13.0 Å². The maximum atomic E-state index is 5.00. The van der Waals surface area contributed by atoms with Crippen molar-refractivity contribution in [2.45, 2.75) is 20.3 Å². The van der Waals surface area contributed by atoms with E-state index in [9.17, 15) is 0 Å². The summed E-state index contributed by atoms with van der Waals surface area (Å²) < 4.78 is 0. The Morgan fingerprint density at radius 1 is 1.53 bits per heavy atom. The van der Waals surface area contributed by atoms with E-state index in [0.29, 0.717) is 5.11 Å². The molecule has 4 nitrogen and oxygen atoms in total. The van der Waals surface area contributed by atoms with Crippen LogP contribution in [0.3, 0.4) is 0 Å². The molecule has 0 saturated carbocycles. The van der Waals surface area contributed by atoms with Crippen LogP contribution < -0.4 is 10.7 Å². The molecule has 19 heavy (non-hydrogen) atoms. The molecule has 1 rings (SSSR count). The average Bonchev–Trinajstić information content (AvgIpc) is 2.37. The molecule has 0 bridgehead atoms. The van der Waals surface area contributed by atoms with Crippen LogP contribution in [0.25, 0.3) is 0 Å². The number of pyridine rings is 1. The molecule has 1 aromatic heterocycles. The molecule has 0 aromatic carbocycles. The Hall–Kier alpha value is -0.391. The van der Waals surface area contributed by atoms with Crippen LogP contribution in [0.15, 0.2) is 23.3 Å². The average molecular weight is 371 g/mol. The molecular formula is C11H16Cl2CuN4S. The van der Waals surface area contributed by atoms with Gasteiger partial charge in [-0.2, -0.15) is 5.10 Å². The third-order valence-corrected chi connectivity index (χ3v) is 2.04. The van der Waals surface area contributed by atoms with Crippen molar-refractivity contribution in [3.63, 3.8) is 0 Å². The second-order valence-corrected chi connectivity index (χ2v) is 5.34. The predicted molar refractivity (Wildman–Crippen MR) is 82.3 cm³/mol. The van der Waals surface area contributed by atoms with Gasteiger partial charge in [-0.25, -0.2) is 0 Å². The molecule has 1 aromatic rings. The topological polar surface area (TPSA) is 49.3 Å². The first-order valence-corrected chi connectivity index (χ1v) is 8.45. The summed E-state index contributed by atoms with van der Waals surface area (Å²) in [6.45, 7) is 4.87. The minimum atomic E-state index is 0.533. The van der Waals surface area contributed by atoms with Gasteiger partial charge in [0.25, 0.3) is 0 Å². The Labute approximate surface area is 134 Å². The van der Waals surface area contributed by atoms with Crippen molar-refractivity contribution in [2.75, 3.05) is 6.54 Å². The monoisotopic (exact) mass is 369 g/mol.